The number of ether oxygens (including phenoxy) is 2. The van der Waals surface area contributed by atoms with Crippen LogP contribution in [0.5, 0.6) is 5.88 Å². The molecule has 36 heavy (non-hydrogen) atoms. The lowest BCUT2D eigenvalue weighted by Crippen LogP contribution is -2.44. The largest absolute Gasteiger partial charge is 0.474 e. The molecule has 2 aliphatic rings. The van der Waals surface area contributed by atoms with Gasteiger partial charge >= 0.3 is 6.18 Å². The minimum atomic E-state index is -4.65. The Hall–Kier alpha value is -3.15. The summed E-state index contributed by atoms with van der Waals surface area (Å²) in [5, 5.41) is 0. The van der Waals surface area contributed by atoms with Crippen LogP contribution in [0.4, 0.5) is 24.9 Å². The van der Waals surface area contributed by atoms with Gasteiger partial charge in [-0.15, -0.1) is 0 Å². The number of nitrogens with zero attached hydrogens (tertiary/aromatic N) is 5. The third kappa shape index (κ3) is 5.80. The van der Waals surface area contributed by atoms with Crippen LogP contribution in [0.1, 0.15) is 38.2 Å². The van der Waals surface area contributed by atoms with Gasteiger partial charge in [-0.05, 0) is 38.7 Å². The first kappa shape index (κ1) is 25.9. The lowest BCUT2D eigenvalue weighted by atomic mass is 9.86. The number of nitrogens with two attached hydrogens (primary N) is 1. The number of hydrogen-bond donors (Lipinski definition) is 1. The molecule has 3 heterocycles. The van der Waals surface area contributed by atoms with Gasteiger partial charge in [0.25, 0.3) is 0 Å². The molecule has 2 aromatic rings. The molecule has 1 saturated heterocycles. The van der Waals surface area contributed by atoms with E-state index in [0.717, 1.165) is 12.3 Å². The Morgan fingerprint density at radius 2 is 1.92 bits per heavy atom. The van der Waals surface area contributed by atoms with Gasteiger partial charge in [-0.25, -0.2) is 9.97 Å². The zero-order valence-electron chi connectivity index (χ0n) is 20.6. The summed E-state index contributed by atoms with van der Waals surface area (Å²) in [6, 6.07) is 2.15. The Bertz CT molecular complexity index is 1090. The van der Waals surface area contributed by atoms with Crippen molar-refractivity contribution in [2.75, 3.05) is 44.5 Å². The molecule has 1 aliphatic heterocycles. The van der Waals surface area contributed by atoms with Crippen molar-refractivity contribution in [2.45, 2.75) is 50.9 Å². The monoisotopic (exact) mass is 508 g/mol. The number of carbonyl (C=O) groups excluding carboxylic acids is 1. The molecule has 0 aromatic carbocycles. The summed E-state index contributed by atoms with van der Waals surface area (Å²) >= 11 is 0. The van der Waals surface area contributed by atoms with Crippen LogP contribution in [0.25, 0.3) is 11.3 Å². The molecule has 0 radical (unpaired) electrons. The molecule has 1 amide bonds. The number of pyridine rings is 1. The molecule has 1 aliphatic carbocycles. The van der Waals surface area contributed by atoms with E-state index in [-0.39, 0.29) is 52.9 Å². The predicted octanol–water partition coefficient (Wildman–Crippen LogP) is 3.39. The van der Waals surface area contributed by atoms with Gasteiger partial charge in [0.1, 0.15) is 11.9 Å². The van der Waals surface area contributed by atoms with E-state index in [1.807, 2.05) is 11.8 Å². The van der Waals surface area contributed by atoms with Crippen LogP contribution in [0.3, 0.4) is 0 Å². The lowest BCUT2D eigenvalue weighted by Gasteiger charge is -2.34. The lowest BCUT2D eigenvalue weighted by molar-refractivity contribution is -0.137. The summed E-state index contributed by atoms with van der Waals surface area (Å²) in [7, 11) is 3.48. The van der Waals surface area contributed by atoms with Crippen molar-refractivity contribution < 1.29 is 27.4 Å². The maximum Gasteiger partial charge on any atom is 0.417 e. The highest BCUT2D eigenvalue weighted by Gasteiger charge is 2.36. The Labute approximate surface area is 207 Å². The maximum atomic E-state index is 13.8. The van der Waals surface area contributed by atoms with Crippen LogP contribution in [-0.2, 0) is 15.7 Å². The Morgan fingerprint density at radius 1 is 1.19 bits per heavy atom. The molecule has 1 unspecified atom stereocenters. The van der Waals surface area contributed by atoms with Gasteiger partial charge in [0.2, 0.25) is 17.7 Å². The van der Waals surface area contributed by atoms with Crippen molar-refractivity contribution in [3.63, 3.8) is 0 Å². The summed E-state index contributed by atoms with van der Waals surface area (Å²) in [6.07, 6.45) is -1.15. The molecule has 196 valence electrons. The number of alkyl halides is 3. The minimum absolute atomic E-state index is 0.0463. The highest BCUT2D eigenvalue weighted by molar-refractivity contribution is 5.78. The highest BCUT2D eigenvalue weighted by atomic mass is 19.4. The minimum Gasteiger partial charge on any atom is -0.474 e. The molecule has 1 saturated carbocycles. The summed E-state index contributed by atoms with van der Waals surface area (Å²) in [4.78, 5) is 28.7. The second-order valence-electron chi connectivity index (χ2n) is 9.49. The van der Waals surface area contributed by atoms with Crippen LogP contribution < -0.4 is 15.4 Å². The van der Waals surface area contributed by atoms with E-state index in [1.54, 1.807) is 19.0 Å². The third-order valence-electron chi connectivity index (χ3n) is 6.57. The molecule has 0 bridgehead atoms. The number of anilines is 2. The Kier molecular flexibility index (Phi) is 7.53. The molecule has 2 N–H and O–H groups in total. The molecule has 1 atom stereocenters. The van der Waals surface area contributed by atoms with Crippen molar-refractivity contribution in [3.05, 3.63) is 23.9 Å². The number of halogens is 3. The smallest absolute Gasteiger partial charge is 0.417 e. The van der Waals surface area contributed by atoms with Crippen molar-refractivity contribution >= 4 is 17.7 Å². The van der Waals surface area contributed by atoms with E-state index in [2.05, 4.69) is 15.0 Å². The molecular weight excluding hydrogens is 477 g/mol. The molecule has 4 rings (SSSR count). The van der Waals surface area contributed by atoms with Crippen molar-refractivity contribution in [3.8, 4) is 17.1 Å². The van der Waals surface area contributed by atoms with Gasteiger partial charge in [-0.2, -0.15) is 18.2 Å². The van der Waals surface area contributed by atoms with Gasteiger partial charge in [-0.3, -0.25) is 4.79 Å². The highest BCUT2D eigenvalue weighted by Crippen LogP contribution is 2.38. The molecule has 2 fully saturated rings. The average molecular weight is 509 g/mol. The van der Waals surface area contributed by atoms with E-state index < -0.39 is 11.7 Å². The topological polar surface area (TPSA) is 107 Å². The molecule has 12 heteroatoms. The first-order valence-electron chi connectivity index (χ1n) is 12.0. The Balaban J connectivity index is 1.66. The molecule has 2 aromatic heterocycles. The zero-order chi connectivity index (χ0) is 26.0. The first-order valence-corrected chi connectivity index (χ1v) is 12.0. The fraction of sp³-hybridized carbons (Fsp3) is 0.583. The normalized spacial score (nSPS) is 22.8. The standard InChI is InChI=1S/C24H31F3N6O3/c1-14-13-35-9-8-33(14)23-30-19(17-12-29-20(28)10-18(17)24(25,26)27)11-21(31-23)36-16-6-4-15(5-7-16)22(34)32(2)3/h10-12,14-16H,4-9,13H2,1-3H3,(H2,28,29). The van der Waals surface area contributed by atoms with Gasteiger partial charge in [-0.1, -0.05) is 0 Å². The second-order valence-corrected chi connectivity index (χ2v) is 9.49. The van der Waals surface area contributed by atoms with E-state index in [9.17, 15) is 18.0 Å². The quantitative estimate of drug-likeness (QED) is 0.655. The number of aromatic nitrogens is 3. The summed E-state index contributed by atoms with van der Waals surface area (Å²) in [5.74, 6) is 0.251. The molecule has 9 nitrogen and oxygen atoms in total. The summed E-state index contributed by atoms with van der Waals surface area (Å²) in [6.45, 7) is 3.33. The van der Waals surface area contributed by atoms with Crippen LogP contribution in [-0.4, -0.2) is 71.8 Å². The maximum absolute atomic E-state index is 13.8. The number of rotatable bonds is 5. The van der Waals surface area contributed by atoms with Gasteiger partial charge in [0, 0.05) is 44.4 Å². The third-order valence-corrected chi connectivity index (χ3v) is 6.57. The number of carbonyl (C=O) groups is 1. The number of nitrogen functional groups attached to an aromatic ring is 1. The number of hydrogen-bond acceptors (Lipinski definition) is 8. The SMILES string of the molecule is CC1COCCN1c1nc(OC2CCC(C(=O)N(C)C)CC2)cc(-c2cnc(N)cc2C(F)(F)F)n1. The van der Waals surface area contributed by atoms with Crippen molar-refractivity contribution in [1.82, 2.24) is 19.9 Å². The fourth-order valence-electron chi connectivity index (χ4n) is 4.64. The zero-order valence-corrected chi connectivity index (χ0v) is 20.6. The molecule has 0 spiro atoms. The van der Waals surface area contributed by atoms with Gasteiger partial charge < -0.3 is 25.0 Å². The van der Waals surface area contributed by atoms with Gasteiger partial charge in [0.05, 0.1) is 30.5 Å². The average Bonchev–Trinajstić information content (AvgIpc) is 2.83. The first-order chi connectivity index (χ1) is 17.0. The van der Waals surface area contributed by atoms with Gasteiger partial charge in [0.15, 0.2) is 0 Å². The number of morpholine rings is 1. The van der Waals surface area contributed by atoms with Crippen LogP contribution >= 0.6 is 0 Å². The van der Waals surface area contributed by atoms with Crippen LogP contribution in [0, 0.1) is 5.92 Å². The second kappa shape index (κ2) is 10.5. The van der Waals surface area contributed by atoms with E-state index in [4.69, 9.17) is 15.2 Å². The van der Waals surface area contributed by atoms with E-state index >= 15 is 0 Å². The van der Waals surface area contributed by atoms with E-state index in [0.29, 0.717) is 45.4 Å². The Morgan fingerprint density at radius 3 is 2.56 bits per heavy atom. The number of amides is 1. The van der Waals surface area contributed by atoms with E-state index in [1.165, 1.54) is 6.07 Å². The summed E-state index contributed by atoms with van der Waals surface area (Å²) < 4.78 is 53.2. The van der Waals surface area contributed by atoms with Crippen molar-refractivity contribution in [2.24, 2.45) is 5.92 Å². The van der Waals surface area contributed by atoms with Crippen molar-refractivity contribution in [1.29, 1.82) is 0 Å². The molecular formula is C24H31F3N6O3. The predicted molar refractivity (Wildman–Crippen MR) is 127 cm³/mol. The van der Waals surface area contributed by atoms with Crippen LogP contribution in [0.15, 0.2) is 18.3 Å². The van der Waals surface area contributed by atoms with Crippen LogP contribution in [0.2, 0.25) is 0 Å². The summed E-state index contributed by atoms with van der Waals surface area (Å²) in [5.41, 5.74) is 4.47. The fourth-order valence-corrected chi connectivity index (χ4v) is 4.64.